The summed E-state index contributed by atoms with van der Waals surface area (Å²) in [5.41, 5.74) is 0. The Morgan fingerprint density at radius 3 is 3.09 bits per heavy atom. The van der Waals surface area contributed by atoms with Gasteiger partial charge in [0.25, 0.3) is 5.19 Å². The van der Waals surface area contributed by atoms with E-state index < -0.39 is 0 Å². The molecule has 0 spiro atoms. The first kappa shape index (κ1) is 8.57. The van der Waals surface area contributed by atoms with Gasteiger partial charge in [0.2, 0.25) is 0 Å². The van der Waals surface area contributed by atoms with E-state index in [0.717, 1.165) is 4.60 Å². The molecular formula is C7H6BrNOS. The van der Waals surface area contributed by atoms with Gasteiger partial charge in [0.05, 0.1) is 0 Å². The monoisotopic (exact) mass is 231 g/mol. The molecule has 1 heterocycles. The first-order valence-electron chi connectivity index (χ1n) is 2.96. The van der Waals surface area contributed by atoms with Crippen molar-refractivity contribution >= 4 is 27.3 Å². The molecule has 0 amide bonds. The van der Waals surface area contributed by atoms with Crippen molar-refractivity contribution in [3.05, 3.63) is 9.98 Å². The number of nitrogens with zero attached hydrogens (tertiary/aromatic N) is 1. The predicted octanol–water partition coefficient (Wildman–Crippen LogP) is 2.31. The van der Waals surface area contributed by atoms with E-state index in [0.29, 0.717) is 5.19 Å². The van der Waals surface area contributed by atoms with Crippen LogP contribution in [0.1, 0.15) is 6.92 Å². The zero-order valence-corrected chi connectivity index (χ0v) is 8.28. The van der Waals surface area contributed by atoms with Crippen LogP contribution in [0.25, 0.3) is 0 Å². The third-order valence-electron chi connectivity index (χ3n) is 0.967. The van der Waals surface area contributed by atoms with Gasteiger partial charge in [0, 0.05) is 5.38 Å². The van der Waals surface area contributed by atoms with Crippen molar-refractivity contribution in [1.82, 2.24) is 4.98 Å². The number of aromatic nitrogens is 1. The second-order valence-corrected chi connectivity index (χ2v) is 3.50. The van der Waals surface area contributed by atoms with Crippen molar-refractivity contribution in [2.24, 2.45) is 0 Å². The fraction of sp³-hybridized carbons (Fsp3) is 0.286. The highest BCUT2D eigenvalue weighted by atomic mass is 79.9. The van der Waals surface area contributed by atoms with Gasteiger partial charge < -0.3 is 4.74 Å². The standard InChI is InChI=1S/C7H6BrNOS/c1-3-5(2)10-7-9-6(8)4-11-7/h1,4-5H,2H3. The number of terminal acetylenes is 1. The van der Waals surface area contributed by atoms with E-state index in [-0.39, 0.29) is 6.10 Å². The molecule has 0 fully saturated rings. The summed E-state index contributed by atoms with van der Waals surface area (Å²) in [5, 5.41) is 2.45. The van der Waals surface area contributed by atoms with Crippen LogP contribution < -0.4 is 4.74 Å². The zero-order chi connectivity index (χ0) is 8.27. The average Bonchev–Trinajstić information content (AvgIpc) is 2.35. The highest BCUT2D eigenvalue weighted by Gasteiger charge is 2.02. The molecule has 4 heteroatoms. The number of thiazole rings is 1. The number of hydrogen-bond acceptors (Lipinski definition) is 3. The van der Waals surface area contributed by atoms with E-state index in [1.54, 1.807) is 6.92 Å². The molecule has 11 heavy (non-hydrogen) atoms. The maximum absolute atomic E-state index is 5.23. The average molecular weight is 232 g/mol. The van der Waals surface area contributed by atoms with Gasteiger partial charge in [0.15, 0.2) is 6.10 Å². The molecule has 58 valence electrons. The topological polar surface area (TPSA) is 22.1 Å². The minimum absolute atomic E-state index is 0.215. The molecule has 2 nitrogen and oxygen atoms in total. The van der Waals surface area contributed by atoms with Gasteiger partial charge in [-0.05, 0) is 22.9 Å². The summed E-state index contributed by atoms with van der Waals surface area (Å²) in [5.74, 6) is 2.45. The van der Waals surface area contributed by atoms with Crippen LogP contribution in [0.2, 0.25) is 0 Å². The van der Waals surface area contributed by atoms with Crippen molar-refractivity contribution in [3.8, 4) is 17.5 Å². The SMILES string of the molecule is C#CC(C)Oc1nc(Br)cs1. The van der Waals surface area contributed by atoms with Crippen LogP contribution >= 0.6 is 27.3 Å². The lowest BCUT2D eigenvalue weighted by Gasteiger charge is -2.02. The largest absolute Gasteiger partial charge is 0.454 e. The van der Waals surface area contributed by atoms with E-state index in [4.69, 9.17) is 11.2 Å². The lowest BCUT2D eigenvalue weighted by atomic mass is 10.4. The molecule has 0 saturated heterocycles. The Balaban J connectivity index is 2.59. The summed E-state index contributed by atoms with van der Waals surface area (Å²) in [4.78, 5) is 4.02. The second-order valence-electron chi connectivity index (χ2n) is 1.86. The molecule has 1 unspecified atom stereocenters. The third kappa shape index (κ3) is 2.52. The molecule has 0 aliphatic rings. The highest BCUT2D eigenvalue weighted by Crippen LogP contribution is 2.22. The van der Waals surface area contributed by atoms with Gasteiger partial charge in [0.1, 0.15) is 4.60 Å². The van der Waals surface area contributed by atoms with E-state index in [2.05, 4.69) is 26.8 Å². The smallest absolute Gasteiger partial charge is 0.275 e. The Kier molecular flexibility index (Phi) is 2.92. The summed E-state index contributed by atoms with van der Waals surface area (Å²) in [6, 6.07) is 0. The molecule has 0 saturated carbocycles. The van der Waals surface area contributed by atoms with E-state index >= 15 is 0 Å². The number of ether oxygens (including phenoxy) is 1. The summed E-state index contributed by atoms with van der Waals surface area (Å²) < 4.78 is 6.00. The molecule has 1 atom stereocenters. The molecule has 0 aliphatic heterocycles. The van der Waals surface area contributed by atoms with Crippen molar-refractivity contribution in [2.75, 3.05) is 0 Å². The number of rotatable bonds is 2. The minimum atomic E-state index is -0.215. The molecule has 0 N–H and O–H groups in total. The van der Waals surface area contributed by atoms with Crippen molar-refractivity contribution < 1.29 is 4.74 Å². The van der Waals surface area contributed by atoms with E-state index in [1.165, 1.54) is 11.3 Å². The molecule has 1 aromatic heterocycles. The molecule has 1 rings (SSSR count). The van der Waals surface area contributed by atoms with Crippen LogP contribution in [0.5, 0.6) is 5.19 Å². The molecule has 1 aromatic rings. The molecular weight excluding hydrogens is 226 g/mol. The predicted molar refractivity (Wildman–Crippen MR) is 48.7 cm³/mol. The van der Waals surface area contributed by atoms with Crippen LogP contribution in [0.3, 0.4) is 0 Å². The third-order valence-corrected chi connectivity index (χ3v) is 2.41. The van der Waals surface area contributed by atoms with Gasteiger partial charge in [-0.25, -0.2) is 0 Å². The maximum Gasteiger partial charge on any atom is 0.275 e. The van der Waals surface area contributed by atoms with Crippen molar-refractivity contribution in [2.45, 2.75) is 13.0 Å². The van der Waals surface area contributed by atoms with Crippen molar-refractivity contribution in [1.29, 1.82) is 0 Å². The van der Waals surface area contributed by atoms with Crippen molar-refractivity contribution in [3.63, 3.8) is 0 Å². The fourth-order valence-corrected chi connectivity index (χ4v) is 1.64. The van der Waals surface area contributed by atoms with Gasteiger partial charge in [-0.15, -0.1) is 6.42 Å². The van der Waals surface area contributed by atoms with Crippen LogP contribution in [0.4, 0.5) is 0 Å². The molecule has 0 aliphatic carbocycles. The summed E-state index contributed by atoms with van der Waals surface area (Å²) in [6.07, 6.45) is 4.90. The Hall–Kier alpha value is -0.530. The van der Waals surface area contributed by atoms with Crippen LogP contribution in [-0.2, 0) is 0 Å². The second kappa shape index (κ2) is 3.74. The van der Waals surface area contributed by atoms with Gasteiger partial charge in [-0.1, -0.05) is 17.3 Å². The summed E-state index contributed by atoms with van der Waals surface area (Å²) >= 11 is 4.63. The Morgan fingerprint density at radius 2 is 2.64 bits per heavy atom. The van der Waals surface area contributed by atoms with E-state index in [9.17, 15) is 0 Å². The quantitative estimate of drug-likeness (QED) is 0.730. The molecule has 0 aromatic carbocycles. The zero-order valence-electron chi connectivity index (χ0n) is 5.87. The first-order chi connectivity index (χ1) is 5.22. The minimum Gasteiger partial charge on any atom is -0.454 e. The fourth-order valence-electron chi connectivity index (χ4n) is 0.478. The summed E-state index contributed by atoms with van der Waals surface area (Å²) in [6.45, 7) is 1.80. The Labute approximate surface area is 77.7 Å². The van der Waals surface area contributed by atoms with Crippen LogP contribution in [-0.4, -0.2) is 11.1 Å². The Bertz CT molecular complexity index is 278. The lowest BCUT2D eigenvalue weighted by molar-refractivity contribution is 0.277. The number of halogens is 1. The van der Waals surface area contributed by atoms with E-state index in [1.807, 2.05) is 5.38 Å². The Morgan fingerprint density at radius 1 is 1.91 bits per heavy atom. The van der Waals surface area contributed by atoms with Crippen LogP contribution in [0, 0.1) is 12.3 Å². The molecule has 0 bridgehead atoms. The van der Waals surface area contributed by atoms with Gasteiger partial charge in [-0.3, -0.25) is 0 Å². The van der Waals surface area contributed by atoms with Gasteiger partial charge >= 0.3 is 0 Å². The maximum atomic E-state index is 5.23. The lowest BCUT2D eigenvalue weighted by Crippen LogP contribution is -2.07. The highest BCUT2D eigenvalue weighted by molar-refractivity contribution is 9.10. The van der Waals surface area contributed by atoms with Crippen LogP contribution in [0.15, 0.2) is 9.98 Å². The van der Waals surface area contributed by atoms with Gasteiger partial charge in [-0.2, -0.15) is 4.98 Å². The molecule has 0 radical (unpaired) electrons. The summed E-state index contributed by atoms with van der Waals surface area (Å²) in [7, 11) is 0. The number of hydrogen-bond donors (Lipinski definition) is 0. The first-order valence-corrected chi connectivity index (χ1v) is 4.63. The normalized spacial score (nSPS) is 12.1.